The fourth-order valence-corrected chi connectivity index (χ4v) is 3.82. The molecular formula is C19H17F3N2O3S2. The molecule has 3 aromatic rings. The van der Waals surface area contributed by atoms with Gasteiger partial charge in [0, 0.05) is 16.6 Å². The predicted molar refractivity (Wildman–Crippen MR) is 106 cm³/mol. The summed E-state index contributed by atoms with van der Waals surface area (Å²) in [6, 6.07) is 15.5. The summed E-state index contributed by atoms with van der Waals surface area (Å²) in [4.78, 5) is 4.51. The standard InChI is InChI=1S/C19H17F3N2O3S2/c20-19(21,22)29(25,26)24-16-8-4-5-14(11-16)9-10-27-12-17-13-28-18(23-17)15-6-2-1-3-7-15/h1-8,11,13,24H,9-10,12H2. The third kappa shape index (κ3) is 5.78. The molecule has 1 heterocycles. The molecule has 0 aliphatic heterocycles. The molecule has 0 aliphatic rings. The number of sulfonamides is 1. The van der Waals surface area contributed by atoms with E-state index in [-0.39, 0.29) is 5.69 Å². The summed E-state index contributed by atoms with van der Waals surface area (Å²) in [5.41, 5.74) is -3.04. The first-order valence-electron chi connectivity index (χ1n) is 8.50. The first kappa shape index (κ1) is 21.3. The van der Waals surface area contributed by atoms with Crippen LogP contribution >= 0.6 is 11.3 Å². The van der Waals surface area contributed by atoms with Crippen molar-refractivity contribution in [2.75, 3.05) is 11.3 Å². The van der Waals surface area contributed by atoms with Crippen molar-refractivity contribution >= 4 is 27.0 Å². The summed E-state index contributed by atoms with van der Waals surface area (Å²) < 4.78 is 66.9. The third-order valence-electron chi connectivity index (χ3n) is 3.84. The lowest BCUT2D eigenvalue weighted by molar-refractivity contribution is -0.0429. The number of alkyl halides is 3. The summed E-state index contributed by atoms with van der Waals surface area (Å²) in [7, 11) is -5.44. The molecule has 154 valence electrons. The Hall–Kier alpha value is -2.43. The Bertz CT molecular complexity index is 1050. The molecule has 10 heteroatoms. The number of thiazole rings is 1. The van der Waals surface area contributed by atoms with E-state index < -0.39 is 15.5 Å². The molecule has 0 spiro atoms. The number of anilines is 1. The highest BCUT2D eigenvalue weighted by molar-refractivity contribution is 7.93. The molecule has 0 unspecified atom stereocenters. The Morgan fingerprint density at radius 2 is 1.83 bits per heavy atom. The fourth-order valence-electron chi connectivity index (χ4n) is 2.46. The van der Waals surface area contributed by atoms with Crippen molar-refractivity contribution in [3.05, 3.63) is 71.2 Å². The van der Waals surface area contributed by atoms with Gasteiger partial charge in [0.25, 0.3) is 0 Å². The van der Waals surface area contributed by atoms with Crippen LogP contribution in [0, 0.1) is 0 Å². The zero-order chi connectivity index (χ0) is 20.9. The van der Waals surface area contributed by atoms with Crippen LogP contribution in [0.2, 0.25) is 0 Å². The third-order valence-corrected chi connectivity index (χ3v) is 5.90. The minimum Gasteiger partial charge on any atom is -0.375 e. The zero-order valence-corrected chi connectivity index (χ0v) is 16.7. The Balaban J connectivity index is 1.51. The highest BCUT2D eigenvalue weighted by Gasteiger charge is 2.46. The molecule has 0 bridgehead atoms. The number of rotatable bonds is 8. The Labute approximate surface area is 170 Å². The van der Waals surface area contributed by atoms with Crippen molar-refractivity contribution < 1.29 is 26.3 Å². The van der Waals surface area contributed by atoms with Gasteiger partial charge in [-0.05, 0) is 24.1 Å². The number of benzene rings is 2. The second kappa shape index (κ2) is 8.93. The molecule has 5 nitrogen and oxygen atoms in total. The van der Waals surface area contributed by atoms with Crippen molar-refractivity contribution in [2.24, 2.45) is 0 Å². The van der Waals surface area contributed by atoms with Gasteiger partial charge in [-0.3, -0.25) is 4.72 Å². The van der Waals surface area contributed by atoms with Gasteiger partial charge in [-0.2, -0.15) is 21.6 Å². The zero-order valence-electron chi connectivity index (χ0n) is 15.0. The lowest BCUT2D eigenvalue weighted by atomic mass is 10.1. The van der Waals surface area contributed by atoms with Crippen LogP contribution in [0.4, 0.5) is 18.9 Å². The van der Waals surface area contributed by atoms with E-state index >= 15 is 0 Å². The van der Waals surface area contributed by atoms with Gasteiger partial charge in [-0.15, -0.1) is 11.3 Å². The molecule has 0 radical (unpaired) electrons. The number of nitrogens with one attached hydrogen (secondary N) is 1. The SMILES string of the molecule is O=S(=O)(Nc1cccc(CCOCc2csc(-c3ccccc3)n2)c1)C(F)(F)F. The summed E-state index contributed by atoms with van der Waals surface area (Å²) in [6.07, 6.45) is 0.414. The van der Waals surface area contributed by atoms with Crippen molar-refractivity contribution in [1.29, 1.82) is 0 Å². The molecule has 0 aliphatic carbocycles. The number of aromatic nitrogens is 1. The Morgan fingerprint density at radius 3 is 2.55 bits per heavy atom. The largest absolute Gasteiger partial charge is 0.516 e. The molecule has 0 saturated carbocycles. The first-order valence-corrected chi connectivity index (χ1v) is 10.9. The summed E-state index contributed by atoms with van der Waals surface area (Å²) in [6.45, 7) is 0.622. The molecule has 0 saturated heterocycles. The average molecular weight is 442 g/mol. The molecule has 29 heavy (non-hydrogen) atoms. The van der Waals surface area contributed by atoms with Crippen LogP contribution in [0.25, 0.3) is 10.6 Å². The van der Waals surface area contributed by atoms with E-state index in [2.05, 4.69) is 4.98 Å². The maximum Gasteiger partial charge on any atom is 0.516 e. The molecule has 1 N–H and O–H groups in total. The number of nitrogens with zero attached hydrogens (tertiary/aromatic N) is 1. The van der Waals surface area contributed by atoms with Crippen LogP contribution in [0.15, 0.2) is 60.0 Å². The van der Waals surface area contributed by atoms with Crippen LogP contribution in [0.1, 0.15) is 11.3 Å². The van der Waals surface area contributed by atoms with E-state index in [1.165, 1.54) is 34.3 Å². The highest BCUT2D eigenvalue weighted by Crippen LogP contribution is 2.26. The summed E-state index contributed by atoms with van der Waals surface area (Å²) >= 11 is 1.52. The van der Waals surface area contributed by atoms with Gasteiger partial charge < -0.3 is 4.74 Å². The fraction of sp³-hybridized carbons (Fsp3) is 0.211. The predicted octanol–water partition coefficient (Wildman–Crippen LogP) is 4.83. The molecule has 0 fully saturated rings. The first-order chi connectivity index (χ1) is 13.7. The second-order valence-corrected chi connectivity index (χ2v) is 8.60. The van der Waals surface area contributed by atoms with E-state index in [1.807, 2.05) is 35.7 Å². The maximum atomic E-state index is 12.5. The van der Waals surface area contributed by atoms with Gasteiger partial charge in [-0.25, -0.2) is 4.98 Å². The summed E-state index contributed by atoms with van der Waals surface area (Å²) in [5.74, 6) is 0. The van der Waals surface area contributed by atoms with Crippen molar-refractivity contribution in [1.82, 2.24) is 4.98 Å². The normalized spacial score (nSPS) is 12.1. The number of hydrogen-bond donors (Lipinski definition) is 1. The second-order valence-electron chi connectivity index (χ2n) is 6.06. The van der Waals surface area contributed by atoms with E-state index in [0.29, 0.717) is 25.2 Å². The molecular weight excluding hydrogens is 425 g/mol. The Morgan fingerprint density at radius 1 is 1.07 bits per heavy atom. The van der Waals surface area contributed by atoms with Crippen molar-refractivity contribution in [2.45, 2.75) is 18.5 Å². The molecule has 1 aromatic heterocycles. The van der Waals surface area contributed by atoms with Crippen LogP contribution in [0.3, 0.4) is 0 Å². The van der Waals surface area contributed by atoms with Crippen molar-refractivity contribution in [3.8, 4) is 10.6 Å². The lowest BCUT2D eigenvalue weighted by Gasteiger charge is -2.11. The van der Waals surface area contributed by atoms with Gasteiger partial charge in [0.1, 0.15) is 5.01 Å². The number of halogens is 3. The monoisotopic (exact) mass is 442 g/mol. The van der Waals surface area contributed by atoms with Crippen LogP contribution in [0.5, 0.6) is 0 Å². The number of ether oxygens (including phenoxy) is 1. The molecule has 3 rings (SSSR count). The topological polar surface area (TPSA) is 68.3 Å². The van der Waals surface area contributed by atoms with E-state index in [4.69, 9.17) is 4.74 Å². The van der Waals surface area contributed by atoms with E-state index in [0.717, 1.165) is 16.3 Å². The lowest BCUT2D eigenvalue weighted by Crippen LogP contribution is -2.29. The molecule has 0 amide bonds. The van der Waals surface area contributed by atoms with Crippen LogP contribution < -0.4 is 4.72 Å². The average Bonchev–Trinajstić information content (AvgIpc) is 3.14. The minimum absolute atomic E-state index is 0.146. The maximum absolute atomic E-state index is 12.5. The summed E-state index contributed by atoms with van der Waals surface area (Å²) in [5, 5.41) is 2.81. The van der Waals surface area contributed by atoms with Gasteiger partial charge in [0.15, 0.2) is 0 Å². The van der Waals surface area contributed by atoms with Gasteiger partial charge in [0.05, 0.1) is 18.9 Å². The van der Waals surface area contributed by atoms with Crippen LogP contribution in [-0.2, 0) is 27.8 Å². The molecule has 2 aromatic carbocycles. The van der Waals surface area contributed by atoms with Gasteiger partial charge >= 0.3 is 15.5 Å². The quantitative estimate of drug-likeness (QED) is 0.508. The minimum atomic E-state index is -5.44. The molecule has 0 atom stereocenters. The number of hydrogen-bond acceptors (Lipinski definition) is 5. The van der Waals surface area contributed by atoms with Gasteiger partial charge in [0.2, 0.25) is 0 Å². The van der Waals surface area contributed by atoms with Crippen molar-refractivity contribution in [3.63, 3.8) is 0 Å². The van der Waals surface area contributed by atoms with Gasteiger partial charge in [-0.1, -0.05) is 42.5 Å². The smallest absolute Gasteiger partial charge is 0.375 e. The Kier molecular flexibility index (Phi) is 6.56. The van der Waals surface area contributed by atoms with E-state index in [1.54, 1.807) is 6.07 Å². The van der Waals surface area contributed by atoms with E-state index in [9.17, 15) is 21.6 Å². The highest BCUT2D eigenvalue weighted by atomic mass is 32.2. The van der Waals surface area contributed by atoms with Crippen LogP contribution in [-0.4, -0.2) is 25.5 Å².